The second-order valence-electron chi connectivity index (χ2n) is 5.39. The number of nitrogens with one attached hydrogen (secondary N) is 1. The zero-order chi connectivity index (χ0) is 16.2. The van der Waals surface area contributed by atoms with Crippen molar-refractivity contribution in [2.75, 3.05) is 11.4 Å². The molecule has 2 heterocycles. The minimum Gasteiger partial charge on any atom is -0.467 e. The molecule has 7 heteroatoms. The first-order chi connectivity index (χ1) is 11.2. The number of hydrogen-bond donors (Lipinski definition) is 1. The van der Waals surface area contributed by atoms with Gasteiger partial charge in [-0.05, 0) is 31.0 Å². The number of carbonyl (C=O) groups excluding carboxylic acids is 1. The minimum absolute atomic E-state index is 0.0261. The molecule has 23 heavy (non-hydrogen) atoms. The Morgan fingerprint density at radius 3 is 2.91 bits per heavy atom. The number of anilines is 1. The highest BCUT2D eigenvalue weighted by Gasteiger charge is 2.34. The van der Waals surface area contributed by atoms with Gasteiger partial charge in [0.15, 0.2) is 0 Å². The molecule has 1 aliphatic rings. The third-order valence-electron chi connectivity index (χ3n) is 3.96. The lowest BCUT2D eigenvalue weighted by Gasteiger charge is -2.25. The quantitative estimate of drug-likeness (QED) is 0.676. The molecule has 0 spiro atoms. The van der Waals surface area contributed by atoms with Gasteiger partial charge in [-0.2, -0.15) is 0 Å². The average Bonchev–Trinajstić information content (AvgIpc) is 3.24. The lowest BCUT2D eigenvalue weighted by atomic mass is 10.1. The molecule has 120 valence electrons. The predicted molar refractivity (Wildman–Crippen MR) is 84.0 cm³/mol. The maximum atomic E-state index is 12.4. The molecule has 1 aromatic heterocycles. The summed E-state index contributed by atoms with van der Waals surface area (Å²) < 4.78 is 5.19. The van der Waals surface area contributed by atoms with Crippen molar-refractivity contribution in [3.05, 3.63) is 58.5 Å². The lowest BCUT2D eigenvalue weighted by Crippen LogP contribution is -2.43. The van der Waals surface area contributed by atoms with E-state index in [1.165, 1.54) is 6.07 Å². The average molecular weight is 315 g/mol. The highest BCUT2D eigenvalue weighted by Crippen LogP contribution is 2.33. The van der Waals surface area contributed by atoms with Crippen LogP contribution in [0.2, 0.25) is 0 Å². The number of rotatable bonds is 5. The number of nitro groups is 1. The summed E-state index contributed by atoms with van der Waals surface area (Å²) in [6.07, 6.45) is 3.05. The molecule has 0 saturated carbocycles. The molecule has 7 nitrogen and oxygen atoms in total. The maximum absolute atomic E-state index is 12.4. The molecule has 1 aromatic carbocycles. The van der Waals surface area contributed by atoms with Crippen LogP contribution in [0.5, 0.6) is 0 Å². The van der Waals surface area contributed by atoms with E-state index in [-0.39, 0.29) is 11.6 Å². The second-order valence-corrected chi connectivity index (χ2v) is 5.39. The molecule has 0 radical (unpaired) electrons. The number of nitrogens with zero attached hydrogens (tertiary/aromatic N) is 2. The number of benzene rings is 1. The Labute approximate surface area is 133 Å². The van der Waals surface area contributed by atoms with E-state index in [2.05, 4.69) is 5.32 Å². The molecule has 1 atom stereocenters. The fraction of sp³-hybridized carbons (Fsp3) is 0.312. The number of para-hydroxylation sites is 2. The number of amides is 1. The zero-order valence-corrected chi connectivity index (χ0v) is 12.5. The van der Waals surface area contributed by atoms with Crippen LogP contribution in [-0.2, 0) is 11.3 Å². The van der Waals surface area contributed by atoms with Crippen LogP contribution in [0, 0.1) is 10.1 Å². The molecule has 1 amide bonds. The van der Waals surface area contributed by atoms with Gasteiger partial charge < -0.3 is 14.6 Å². The van der Waals surface area contributed by atoms with Gasteiger partial charge in [-0.25, -0.2) is 0 Å². The normalized spacial score (nSPS) is 17.2. The lowest BCUT2D eigenvalue weighted by molar-refractivity contribution is -0.384. The van der Waals surface area contributed by atoms with Crippen molar-refractivity contribution < 1.29 is 14.1 Å². The van der Waals surface area contributed by atoms with E-state index in [1.54, 1.807) is 36.6 Å². The van der Waals surface area contributed by atoms with Crippen molar-refractivity contribution in [3.63, 3.8) is 0 Å². The molecule has 1 aliphatic heterocycles. The molecular formula is C16H17N3O4. The van der Waals surface area contributed by atoms with Crippen LogP contribution in [0.15, 0.2) is 47.1 Å². The Kier molecular flexibility index (Phi) is 4.27. The summed E-state index contributed by atoms with van der Waals surface area (Å²) in [6.45, 7) is 0.941. The van der Waals surface area contributed by atoms with Crippen molar-refractivity contribution in [1.29, 1.82) is 0 Å². The summed E-state index contributed by atoms with van der Waals surface area (Å²) in [6, 6.07) is 9.68. The fourth-order valence-electron chi connectivity index (χ4n) is 2.89. The molecule has 0 bridgehead atoms. The molecule has 1 saturated heterocycles. The molecule has 1 fully saturated rings. The predicted octanol–water partition coefficient (Wildman–Crippen LogP) is 2.47. The van der Waals surface area contributed by atoms with E-state index in [1.807, 2.05) is 4.90 Å². The van der Waals surface area contributed by atoms with E-state index in [9.17, 15) is 14.9 Å². The summed E-state index contributed by atoms with van der Waals surface area (Å²) >= 11 is 0. The fourth-order valence-corrected chi connectivity index (χ4v) is 2.89. The van der Waals surface area contributed by atoms with Gasteiger partial charge in [-0.1, -0.05) is 12.1 Å². The highest BCUT2D eigenvalue weighted by molar-refractivity contribution is 5.86. The van der Waals surface area contributed by atoms with Crippen molar-refractivity contribution >= 4 is 17.3 Å². The first kappa shape index (κ1) is 15.1. The third kappa shape index (κ3) is 3.18. The van der Waals surface area contributed by atoms with Gasteiger partial charge in [-0.15, -0.1) is 0 Å². The van der Waals surface area contributed by atoms with Crippen LogP contribution in [-0.4, -0.2) is 23.4 Å². The van der Waals surface area contributed by atoms with Gasteiger partial charge in [0, 0.05) is 12.6 Å². The van der Waals surface area contributed by atoms with E-state index >= 15 is 0 Å². The highest BCUT2D eigenvalue weighted by atomic mass is 16.6. The summed E-state index contributed by atoms with van der Waals surface area (Å²) in [4.78, 5) is 25.0. The van der Waals surface area contributed by atoms with Crippen LogP contribution in [0.1, 0.15) is 18.6 Å². The van der Waals surface area contributed by atoms with Gasteiger partial charge >= 0.3 is 0 Å². The Morgan fingerprint density at radius 2 is 2.17 bits per heavy atom. The van der Waals surface area contributed by atoms with Gasteiger partial charge in [-0.3, -0.25) is 14.9 Å². The first-order valence-electron chi connectivity index (χ1n) is 7.47. The summed E-state index contributed by atoms with van der Waals surface area (Å²) in [7, 11) is 0. The van der Waals surface area contributed by atoms with Crippen LogP contribution in [0.4, 0.5) is 11.4 Å². The maximum Gasteiger partial charge on any atom is 0.292 e. The van der Waals surface area contributed by atoms with E-state index in [4.69, 9.17) is 4.42 Å². The van der Waals surface area contributed by atoms with Crippen molar-refractivity contribution in [3.8, 4) is 0 Å². The van der Waals surface area contributed by atoms with Gasteiger partial charge in [0.2, 0.25) is 5.91 Å². The molecule has 1 N–H and O–H groups in total. The Balaban J connectivity index is 1.75. The summed E-state index contributed by atoms with van der Waals surface area (Å²) in [5.41, 5.74) is 0.520. The summed E-state index contributed by atoms with van der Waals surface area (Å²) in [5.74, 6) is 0.533. The standard InChI is InChI=1S/C16H17N3O4/c20-16(17-11-12-5-4-10-23-12)15-8-3-9-18(15)13-6-1-2-7-14(13)19(21)22/h1-2,4-7,10,15H,3,8-9,11H2,(H,17,20)/t15-/m0/s1. The molecule has 0 aliphatic carbocycles. The molecule has 3 rings (SSSR count). The Bertz CT molecular complexity index is 699. The number of furan rings is 1. The van der Waals surface area contributed by atoms with Crippen molar-refractivity contribution in [1.82, 2.24) is 5.32 Å². The molecule has 2 aromatic rings. The van der Waals surface area contributed by atoms with Crippen LogP contribution < -0.4 is 10.2 Å². The Hall–Kier alpha value is -2.83. The third-order valence-corrected chi connectivity index (χ3v) is 3.96. The van der Waals surface area contributed by atoms with E-state index in [0.29, 0.717) is 31.0 Å². The SMILES string of the molecule is O=C(NCc1ccco1)[C@@H]1CCCN1c1ccccc1[N+](=O)[O-]. The van der Waals surface area contributed by atoms with E-state index < -0.39 is 11.0 Å². The largest absolute Gasteiger partial charge is 0.467 e. The van der Waals surface area contributed by atoms with Crippen molar-refractivity contribution in [2.24, 2.45) is 0 Å². The molecular weight excluding hydrogens is 298 g/mol. The monoisotopic (exact) mass is 315 g/mol. The number of nitro benzene ring substituents is 1. The van der Waals surface area contributed by atoms with Gasteiger partial charge in [0.25, 0.3) is 5.69 Å². The number of carbonyl (C=O) groups is 1. The van der Waals surface area contributed by atoms with Crippen LogP contribution in [0.25, 0.3) is 0 Å². The molecule has 0 unspecified atom stereocenters. The van der Waals surface area contributed by atoms with Gasteiger partial charge in [0.05, 0.1) is 17.7 Å². The second kappa shape index (κ2) is 6.51. The van der Waals surface area contributed by atoms with Crippen molar-refractivity contribution in [2.45, 2.75) is 25.4 Å². The van der Waals surface area contributed by atoms with Crippen LogP contribution in [0.3, 0.4) is 0 Å². The van der Waals surface area contributed by atoms with Crippen LogP contribution >= 0.6 is 0 Å². The smallest absolute Gasteiger partial charge is 0.292 e. The summed E-state index contributed by atoms with van der Waals surface area (Å²) in [5, 5.41) is 14.0. The first-order valence-corrected chi connectivity index (χ1v) is 7.47. The van der Waals surface area contributed by atoms with Gasteiger partial charge in [0.1, 0.15) is 17.5 Å². The Morgan fingerprint density at radius 1 is 1.35 bits per heavy atom. The minimum atomic E-state index is -0.411. The zero-order valence-electron chi connectivity index (χ0n) is 12.5. The van der Waals surface area contributed by atoms with E-state index in [0.717, 1.165) is 6.42 Å². The topological polar surface area (TPSA) is 88.6 Å². The number of hydrogen-bond acceptors (Lipinski definition) is 5.